The van der Waals surface area contributed by atoms with Crippen molar-refractivity contribution in [1.29, 1.82) is 0 Å². The largest absolute Gasteiger partial charge is 0.356 e. The maximum Gasteiger partial charge on any atom is 0.193 e. The summed E-state index contributed by atoms with van der Waals surface area (Å²) >= 11 is 0. The van der Waals surface area contributed by atoms with Crippen LogP contribution in [0.5, 0.6) is 0 Å². The third-order valence-electron chi connectivity index (χ3n) is 3.38. The normalized spacial score (nSPS) is 14.1. The van der Waals surface area contributed by atoms with Gasteiger partial charge in [-0.05, 0) is 12.1 Å². The summed E-state index contributed by atoms with van der Waals surface area (Å²) in [7, 11) is 2.06. The minimum absolute atomic E-state index is 0. The van der Waals surface area contributed by atoms with Crippen LogP contribution < -0.4 is 5.32 Å². The predicted molar refractivity (Wildman–Crippen MR) is 93.8 cm³/mol. The summed E-state index contributed by atoms with van der Waals surface area (Å²) < 4.78 is 0. The summed E-state index contributed by atoms with van der Waals surface area (Å²) in [6, 6.07) is 12.5. The van der Waals surface area contributed by atoms with Crippen LogP contribution in [0.15, 0.2) is 41.4 Å². The van der Waals surface area contributed by atoms with Gasteiger partial charge in [-0.1, -0.05) is 24.3 Å². The maximum absolute atomic E-state index is 4.66. The Labute approximate surface area is 136 Å². The highest BCUT2D eigenvalue weighted by atomic mass is 127. The summed E-state index contributed by atoms with van der Waals surface area (Å²) in [6.45, 7) is 2.78. The molecule has 0 amide bonds. The molecule has 1 aliphatic rings. The monoisotopic (exact) mass is 382 g/mol. The number of guanidine groups is 1. The molecule has 3 rings (SSSR count). The molecule has 1 aliphatic heterocycles. The van der Waals surface area contributed by atoms with Gasteiger partial charge in [0.05, 0.1) is 12.1 Å². The van der Waals surface area contributed by atoms with Gasteiger partial charge in [-0.25, -0.2) is 0 Å². The Balaban J connectivity index is 0.00000147. The fourth-order valence-electron chi connectivity index (χ4n) is 2.27. The molecule has 1 aromatic heterocycles. The van der Waals surface area contributed by atoms with E-state index >= 15 is 0 Å². The molecule has 20 heavy (non-hydrogen) atoms. The number of halogens is 1. The van der Waals surface area contributed by atoms with Crippen molar-refractivity contribution in [3.63, 3.8) is 0 Å². The summed E-state index contributed by atoms with van der Waals surface area (Å²) in [5, 5.41) is 4.56. The van der Waals surface area contributed by atoms with Gasteiger partial charge in [0.15, 0.2) is 5.96 Å². The number of aliphatic imine (C=N–C) groups is 1. The fraction of sp³-hybridized carbons (Fsp3) is 0.333. The fourth-order valence-corrected chi connectivity index (χ4v) is 2.27. The van der Waals surface area contributed by atoms with Crippen molar-refractivity contribution in [2.45, 2.75) is 6.42 Å². The first-order chi connectivity index (χ1) is 9.33. The van der Waals surface area contributed by atoms with Gasteiger partial charge in [-0.15, -0.1) is 24.0 Å². The lowest BCUT2D eigenvalue weighted by Gasteiger charge is -2.14. The minimum atomic E-state index is 0. The molecule has 0 spiro atoms. The van der Waals surface area contributed by atoms with Crippen LogP contribution >= 0.6 is 24.0 Å². The van der Waals surface area contributed by atoms with Gasteiger partial charge in [0.1, 0.15) is 0 Å². The van der Waals surface area contributed by atoms with Gasteiger partial charge in [-0.2, -0.15) is 0 Å². The van der Waals surface area contributed by atoms with Crippen LogP contribution in [-0.2, 0) is 6.42 Å². The lowest BCUT2D eigenvalue weighted by atomic mass is 10.2. The standard InChI is InChI=1S/C15H18N4.HI/c1-19-11-10-17-15(19)16-9-8-13-7-6-12-4-2-3-5-14(12)18-13;/h2-7H,8-11H2,1H3,(H,16,17);1H. The van der Waals surface area contributed by atoms with Crippen molar-refractivity contribution in [3.8, 4) is 0 Å². The molecule has 4 nitrogen and oxygen atoms in total. The summed E-state index contributed by atoms with van der Waals surface area (Å²) in [5.74, 6) is 1.00. The Kier molecular flexibility index (Phi) is 5.17. The second-order valence-electron chi connectivity index (χ2n) is 4.80. The van der Waals surface area contributed by atoms with Gasteiger partial charge < -0.3 is 10.2 Å². The molecule has 0 fully saturated rings. The van der Waals surface area contributed by atoms with Crippen LogP contribution in [0.25, 0.3) is 10.9 Å². The van der Waals surface area contributed by atoms with Gasteiger partial charge in [0.2, 0.25) is 0 Å². The van der Waals surface area contributed by atoms with E-state index in [1.165, 1.54) is 5.39 Å². The van der Waals surface area contributed by atoms with Crippen LogP contribution in [0.2, 0.25) is 0 Å². The Morgan fingerprint density at radius 2 is 2.05 bits per heavy atom. The van der Waals surface area contributed by atoms with Gasteiger partial charge in [-0.3, -0.25) is 9.98 Å². The number of para-hydroxylation sites is 1. The van der Waals surface area contributed by atoms with E-state index < -0.39 is 0 Å². The number of hydrogen-bond donors (Lipinski definition) is 1. The lowest BCUT2D eigenvalue weighted by Crippen LogP contribution is -2.36. The van der Waals surface area contributed by atoms with E-state index in [4.69, 9.17) is 0 Å². The zero-order chi connectivity index (χ0) is 13.1. The van der Waals surface area contributed by atoms with E-state index in [0.29, 0.717) is 0 Å². The van der Waals surface area contributed by atoms with Crippen LogP contribution in [0.1, 0.15) is 5.69 Å². The quantitative estimate of drug-likeness (QED) is 0.829. The molecular weight excluding hydrogens is 363 g/mol. The van der Waals surface area contributed by atoms with Crippen molar-refractivity contribution in [1.82, 2.24) is 15.2 Å². The molecule has 0 bridgehead atoms. The number of hydrogen-bond acceptors (Lipinski definition) is 4. The molecule has 0 saturated carbocycles. The topological polar surface area (TPSA) is 40.5 Å². The molecule has 0 aliphatic carbocycles. The number of likely N-dealkylation sites (N-methyl/N-ethyl adjacent to an activating group) is 1. The molecule has 106 valence electrons. The van der Waals surface area contributed by atoms with Crippen molar-refractivity contribution >= 4 is 40.8 Å². The number of aromatic nitrogens is 1. The number of fused-ring (bicyclic) bond motifs is 1. The molecule has 2 heterocycles. The number of benzene rings is 1. The first-order valence-corrected chi connectivity index (χ1v) is 6.67. The number of nitrogens with one attached hydrogen (secondary N) is 1. The zero-order valence-corrected chi connectivity index (χ0v) is 13.9. The van der Waals surface area contributed by atoms with Crippen LogP contribution in [0.3, 0.4) is 0 Å². The van der Waals surface area contributed by atoms with Gasteiger partial charge in [0, 0.05) is 37.6 Å². The van der Waals surface area contributed by atoms with E-state index in [9.17, 15) is 0 Å². The number of rotatable bonds is 3. The van der Waals surface area contributed by atoms with E-state index in [-0.39, 0.29) is 24.0 Å². The zero-order valence-electron chi connectivity index (χ0n) is 11.5. The van der Waals surface area contributed by atoms with Gasteiger partial charge >= 0.3 is 0 Å². The van der Waals surface area contributed by atoms with Crippen LogP contribution in [0.4, 0.5) is 0 Å². The molecule has 0 saturated heterocycles. The lowest BCUT2D eigenvalue weighted by molar-refractivity contribution is 0.534. The van der Waals surface area contributed by atoms with Crippen molar-refractivity contribution in [2.24, 2.45) is 4.99 Å². The third kappa shape index (κ3) is 3.39. The van der Waals surface area contributed by atoms with Crippen LogP contribution in [-0.4, -0.2) is 42.5 Å². The number of nitrogens with zero attached hydrogens (tertiary/aromatic N) is 3. The molecule has 0 atom stereocenters. The van der Waals surface area contributed by atoms with Gasteiger partial charge in [0.25, 0.3) is 0 Å². The molecule has 5 heteroatoms. The first kappa shape index (κ1) is 15.0. The SMILES string of the molecule is CN1CCN=C1NCCc1ccc2ccccc2n1.I. The molecule has 1 N–H and O–H groups in total. The van der Waals surface area contributed by atoms with Crippen molar-refractivity contribution < 1.29 is 0 Å². The minimum Gasteiger partial charge on any atom is -0.356 e. The van der Waals surface area contributed by atoms with Crippen LogP contribution in [0, 0.1) is 0 Å². The Morgan fingerprint density at radius 3 is 2.85 bits per heavy atom. The number of pyridine rings is 1. The highest BCUT2D eigenvalue weighted by Gasteiger charge is 2.10. The average Bonchev–Trinajstić information content (AvgIpc) is 2.84. The summed E-state index contributed by atoms with van der Waals surface area (Å²) in [5.41, 5.74) is 2.18. The Bertz CT molecular complexity index is 612. The molecule has 0 radical (unpaired) electrons. The first-order valence-electron chi connectivity index (χ1n) is 6.67. The third-order valence-corrected chi connectivity index (χ3v) is 3.38. The molecule has 0 unspecified atom stereocenters. The second-order valence-corrected chi connectivity index (χ2v) is 4.80. The maximum atomic E-state index is 4.66. The predicted octanol–water partition coefficient (Wildman–Crippen LogP) is 2.29. The average molecular weight is 382 g/mol. The second kappa shape index (κ2) is 6.88. The smallest absolute Gasteiger partial charge is 0.193 e. The molecule has 1 aromatic carbocycles. The van der Waals surface area contributed by atoms with Crippen molar-refractivity contribution in [3.05, 3.63) is 42.1 Å². The van der Waals surface area contributed by atoms with E-state index in [1.807, 2.05) is 12.1 Å². The Hall–Kier alpha value is -1.37. The summed E-state index contributed by atoms with van der Waals surface area (Å²) in [4.78, 5) is 11.2. The molecule has 2 aromatic rings. The van der Waals surface area contributed by atoms with E-state index in [1.54, 1.807) is 0 Å². The van der Waals surface area contributed by atoms with E-state index in [2.05, 4.69) is 51.5 Å². The Morgan fingerprint density at radius 1 is 1.20 bits per heavy atom. The van der Waals surface area contributed by atoms with Crippen molar-refractivity contribution in [2.75, 3.05) is 26.7 Å². The van der Waals surface area contributed by atoms with E-state index in [0.717, 1.165) is 43.2 Å². The highest BCUT2D eigenvalue weighted by Crippen LogP contribution is 2.11. The summed E-state index contributed by atoms with van der Waals surface area (Å²) in [6.07, 6.45) is 0.914. The molecular formula is C15H19IN4. The highest BCUT2D eigenvalue weighted by molar-refractivity contribution is 14.0.